The van der Waals surface area contributed by atoms with Crippen molar-refractivity contribution in [1.29, 1.82) is 0 Å². The molecule has 1 aromatic rings. The van der Waals surface area contributed by atoms with Crippen LogP contribution >= 0.6 is 24.0 Å². The van der Waals surface area contributed by atoms with E-state index in [4.69, 9.17) is 4.99 Å². The number of guanidine groups is 1. The fraction of sp³-hybridized carbons (Fsp3) is 0.619. The van der Waals surface area contributed by atoms with Crippen LogP contribution in [0.3, 0.4) is 0 Å². The summed E-state index contributed by atoms with van der Waals surface area (Å²) < 4.78 is 0. The second kappa shape index (κ2) is 11.6. The van der Waals surface area contributed by atoms with Crippen LogP contribution in [-0.4, -0.2) is 83.5 Å². The van der Waals surface area contributed by atoms with Crippen LogP contribution in [0.25, 0.3) is 0 Å². The smallest absolute Gasteiger partial charge is 0.239 e. The summed E-state index contributed by atoms with van der Waals surface area (Å²) >= 11 is 0. The van der Waals surface area contributed by atoms with Gasteiger partial charge >= 0.3 is 0 Å². The van der Waals surface area contributed by atoms with Gasteiger partial charge in [-0.1, -0.05) is 12.1 Å². The molecule has 162 valence electrons. The highest BCUT2D eigenvalue weighted by molar-refractivity contribution is 14.0. The number of carbonyl (C=O) groups is 1. The quantitative estimate of drug-likeness (QED) is 0.357. The van der Waals surface area contributed by atoms with E-state index in [9.17, 15) is 9.90 Å². The molecule has 2 heterocycles. The van der Waals surface area contributed by atoms with Crippen LogP contribution in [0.2, 0.25) is 0 Å². The predicted octanol–water partition coefficient (Wildman–Crippen LogP) is 2.10. The van der Waals surface area contributed by atoms with E-state index in [1.807, 2.05) is 24.0 Å². The number of amides is 1. The van der Waals surface area contributed by atoms with Gasteiger partial charge in [0.2, 0.25) is 5.91 Å². The first kappa shape index (κ1) is 23.7. The molecule has 0 radical (unpaired) electrons. The van der Waals surface area contributed by atoms with Crippen molar-refractivity contribution in [3.05, 3.63) is 29.8 Å². The molecule has 8 heteroatoms. The maximum absolute atomic E-state index is 12.7. The molecule has 2 N–H and O–H groups in total. The molecule has 0 aromatic heterocycles. The van der Waals surface area contributed by atoms with Gasteiger partial charge in [0, 0.05) is 45.8 Å². The highest BCUT2D eigenvalue weighted by atomic mass is 127. The second-order valence-electron chi connectivity index (χ2n) is 7.57. The number of nitrogens with zero attached hydrogens (tertiary/aromatic N) is 4. The van der Waals surface area contributed by atoms with E-state index in [0.29, 0.717) is 6.54 Å². The van der Waals surface area contributed by atoms with Gasteiger partial charge < -0.3 is 20.2 Å². The van der Waals surface area contributed by atoms with Gasteiger partial charge in [0.25, 0.3) is 0 Å². The van der Waals surface area contributed by atoms with Crippen LogP contribution in [0, 0.1) is 0 Å². The highest BCUT2D eigenvalue weighted by Gasteiger charge is 2.30. The number of carbonyl (C=O) groups excluding carboxylic acids is 1. The predicted molar refractivity (Wildman–Crippen MR) is 127 cm³/mol. The summed E-state index contributed by atoms with van der Waals surface area (Å²) in [5.74, 6) is 1.43. The number of benzene rings is 1. The van der Waals surface area contributed by atoms with E-state index in [0.717, 1.165) is 70.2 Å². The average molecular weight is 515 g/mol. The third kappa shape index (κ3) is 6.47. The molecule has 1 aromatic carbocycles. The fourth-order valence-corrected chi connectivity index (χ4v) is 3.93. The van der Waals surface area contributed by atoms with Gasteiger partial charge in [0.15, 0.2) is 5.96 Å². The molecule has 0 aliphatic carbocycles. The van der Waals surface area contributed by atoms with E-state index >= 15 is 0 Å². The van der Waals surface area contributed by atoms with Gasteiger partial charge in [-0.15, -0.1) is 24.0 Å². The average Bonchev–Trinajstić information content (AvgIpc) is 3.25. The Bertz CT molecular complexity index is 685. The van der Waals surface area contributed by atoms with Gasteiger partial charge in [-0.3, -0.25) is 9.69 Å². The molecular weight excluding hydrogens is 481 g/mol. The summed E-state index contributed by atoms with van der Waals surface area (Å²) in [6, 6.07) is 7.17. The van der Waals surface area contributed by atoms with Crippen molar-refractivity contribution in [2.75, 3.05) is 45.8 Å². The summed E-state index contributed by atoms with van der Waals surface area (Å²) in [7, 11) is 0. The minimum Gasteiger partial charge on any atom is -0.508 e. The number of rotatable bonds is 5. The number of piperazine rings is 1. The number of hydrogen-bond acceptors (Lipinski definition) is 4. The van der Waals surface area contributed by atoms with Gasteiger partial charge in [-0.25, -0.2) is 4.99 Å². The number of likely N-dealkylation sites (tertiary alicyclic amines) is 1. The van der Waals surface area contributed by atoms with Crippen molar-refractivity contribution in [3.63, 3.8) is 0 Å². The topological polar surface area (TPSA) is 71.4 Å². The summed E-state index contributed by atoms with van der Waals surface area (Å²) in [6.07, 6.45) is 2.27. The molecule has 1 unspecified atom stereocenters. The molecule has 0 bridgehead atoms. The number of hydrogen-bond donors (Lipinski definition) is 2. The molecule has 2 aliphatic heterocycles. The number of phenols is 1. The van der Waals surface area contributed by atoms with Crippen molar-refractivity contribution in [2.45, 2.75) is 39.3 Å². The van der Waals surface area contributed by atoms with Crippen molar-refractivity contribution < 1.29 is 9.90 Å². The summed E-state index contributed by atoms with van der Waals surface area (Å²) in [4.78, 5) is 24.0. The number of aliphatic imine (C=N–C) groups is 1. The lowest BCUT2D eigenvalue weighted by atomic mass is 10.2. The molecule has 7 nitrogen and oxygen atoms in total. The van der Waals surface area contributed by atoms with Crippen LogP contribution in [-0.2, 0) is 11.3 Å². The molecule has 3 rings (SSSR count). The van der Waals surface area contributed by atoms with Crippen LogP contribution < -0.4 is 5.32 Å². The van der Waals surface area contributed by atoms with Gasteiger partial charge in [-0.2, -0.15) is 0 Å². The lowest BCUT2D eigenvalue weighted by Gasteiger charge is -2.39. The van der Waals surface area contributed by atoms with E-state index in [1.165, 1.54) is 0 Å². The van der Waals surface area contributed by atoms with E-state index in [2.05, 4.69) is 22.0 Å². The standard InChI is InChI=1S/C21H33N5O2.HI/c1-3-22-21(23-16-18-7-6-8-19(27)15-18)26-13-11-24(12-14-26)17(2)20(28)25-9-4-5-10-25;/h6-8,15,17,27H,3-5,9-14,16H2,1-2H3,(H,22,23);1H. The summed E-state index contributed by atoms with van der Waals surface area (Å²) in [5, 5.41) is 13.0. The summed E-state index contributed by atoms with van der Waals surface area (Å²) in [5.41, 5.74) is 0.985. The Morgan fingerprint density at radius 3 is 2.45 bits per heavy atom. The van der Waals surface area contributed by atoms with E-state index < -0.39 is 0 Å². The third-order valence-corrected chi connectivity index (χ3v) is 5.59. The van der Waals surface area contributed by atoms with Crippen molar-refractivity contribution in [1.82, 2.24) is 20.0 Å². The Morgan fingerprint density at radius 1 is 1.14 bits per heavy atom. The largest absolute Gasteiger partial charge is 0.508 e. The molecule has 1 atom stereocenters. The first-order chi connectivity index (χ1) is 13.6. The maximum Gasteiger partial charge on any atom is 0.239 e. The normalized spacial score (nSPS) is 19.0. The molecule has 0 spiro atoms. The maximum atomic E-state index is 12.7. The molecule has 0 saturated carbocycles. The molecule has 2 fully saturated rings. The minimum atomic E-state index is -0.0490. The van der Waals surface area contributed by atoms with Crippen molar-refractivity contribution in [3.8, 4) is 5.75 Å². The number of halogens is 1. The first-order valence-electron chi connectivity index (χ1n) is 10.4. The Labute approximate surface area is 191 Å². The Morgan fingerprint density at radius 2 is 1.83 bits per heavy atom. The van der Waals surface area contributed by atoms with Crippen LogP contribution in [0.15, 0.2) is 29.3 Å². The lowest BCUT2D eigenvalue weighted by molar-refractivity contribution is -0.135. The van der Waals surface area contributed by atoms with E-state index in [-0.39, 0.29) is 41.7 Å². The Hall–Kier alpha value is -1.55. The SMILES string of the molecule is CCNC(=NCc1cccc(O)c1)N1CCN(C(C)C(=O)N2CCCC2)CC1.I. The van der Waals surface area contributed by atoms with Gasteiger partial charge in [0.05, 0.1) is 12.6 Å². The monoisotopic (exact) mass is 515 g/mol. The van der Waals surface area contributed by atoms with Crippen molar-refractivity contribution >= 4 is 35.8 Å². The van der Waals surface area contributed by atoms with Crippen LogP contribution in [0.1, 0.15) is 32.3 Å². The van der Waals surface area contributed by atoms with Crippen molar-refractivity contribution in [2.24, 2.45) is 4.99 Å². The van der Waals surface area contributed by atoms with E-state index in [1.54, 1.807) is 12.1 Å². The first-order valence-corrected chi connectivity index (χ1v) is 10.4. The van der Waals surface area contributed by atoms with Gasteiger partial charge in [-0.05, 0) is 44.4 Å². The zero-order valence-corrected chi connectivity index (χ0v) is 19.8. The highest BCUT2D eigenvalue weighted by Crippen LogP contribution is 2.15. The number of phenolic OH excluding ortho intramolecular Hbond substituents is 1. The molecule has 29 heavy (non-hydrogen) atoms. The minimum absolute atomic E-state index is 0. The zero-order valence-electron chi connectivity index (χ0n) is 17.5. The fourth-order valence-electron chi connectivity index (χ4n) is 3.93. The molecular formula is C21H34IN5O2. The third-order valence-electron chi connectivity index (χ3n) is 5.59. The Balaban J connectivity index is 0.00000300. The van der Waals surface area contributed by atoms with Gasteiger partial charge in [0.1, 0.15) is 5.75 Å². The molecule has 1 amide bonds. The lowest BCUT2D eigenvalue weighted by Crippen LogP contribution is -2.57. The van der Waals surface area contributed by atoms with Crippen LogP contribution in [0.4, 0.5) is 0 Å². The molecule has 2 saturated heterocycles. The molecule has 2 aliphatic rings. The number of aromatic hydroxyl groups is 1. The zero-order chi connectivity index (χ0) is 19.9. The summed E-state index contributed by atoms with van der Waals surface area (Å²) in [6.45, 7) is 10.7. The second-order valence-corrected chi connectivity index (χ2v) is 7.57. The Kier molecular flexibility index (Phi) is 9.48. The number of nitrogens with one attached hydrogen (secondary N) is 1. The van der Waals surface area contributed by atoms with Crippen LogP contribution in [0.5, 0.6) is 5.75 Å².